The lowest BCUT2D eigenvalue weighted by Crippen LogP contribution is -2.02. The highest BCUT2D eigenvalue weighted by atomic mass is 35.5. The van der Waals surface area contributed by atoms with Gasteiger partial charge in [0.2, 0.25) is 0 Å². The second kappa shape index (κ2) is 6.29. The molecule has 0 atom stereocenters. The molecule has 20 heavy (non-hydrogen) atoms. The zero-order chi connectivity index (χ0) is 14.7. The summed E-state index contributed by atoms with van der Waals surface area (Å²) < 4.78 is 5.74. The molecular weight excluding hydrogens is 295 g/mol. The van der Waals surface area contributed by atoms with Crippen molar-refractivity contribution in [3.05, 3.63) is 63.1 Å². The van der Waals surface area contributed by atoms with E-state index in [0.29, 0.717) is 28.0 Å². The first-order valence-electron chi connectivity index (χ1n) is 6.15. The second-order valence-corrected chi connectivity index (χ2v) is 5.42. The summed E-state index contributed by atoms with van der Waals surface area (Å²) in [4.78, 5) is 11.6. The third kappa shape index (κ3) is 3.53. The fourth-order valence-electron chi connectivity index (χ4n) is 1.83. The first-order valence-corrected chi connectivity index (χ1v) is 6.91. The van der Waals surface area contributed by atoms with E-state index in [2.05, 4.69) is 0 Å². The number of ketones is 1. The number of halogens is 2. The summed E-state index contributed by atoms with van der Waals surface area (Å²) in [6.07, 6.45) is 0. The molecule has 0 unspecified atom stereocenters. The quantitative estimate of drug-likeness (QED) is 0.736. The van der Waals surface area contributed by atoms with Gasteiger partial charge in [-0.1, -0.05) is 35.3 Å². The van der Waals surface area contributed by atoms with E-state index in [4.69, 9.17) is 27.9 Å². The fraction of sp³-hybridized carbons (Fsp3) is 0.188. The molecule has 0 spiro atoms. The Morgan fingerprint density at radius 1 is 1.15 bits per heavy atom. The van der Waals surface area contributed by atoms with Gasteiger partial charge in [-0.05, 0) is 43.7 Å². The van der Waals surface area contributed by atoms with Gasteiger partial charge in [0.1, 0.15) is 12.4 Å². The molecule has 0 aliphatic rings. The molecule has 0 aliphatic carbocycles. The zero-order valence-electron chi connectivity index (χ0n) is 11.2. The molecule has 0 N–H and O–H groups in total. The van der Waals surface area contributed by atoms with Crippen molar-refractivity contribution >= 4 is 29.0 Å². The van der Waals surface area contributed by atoms with Gasteiger partial charge in [0.15, 0.2) is 5.78 Å². The highest BCUT2D eigenvalue weighted by Crippen LogP contribution is 2.25. The number of hydrogen-bond donors (Lipinski definition) is 0. The minimum absolute atomic E-state index is 0.0257. The van der Waals surface area contributed by atoms with Crippen LogP contribution in [-0.2, 0) is 6.61 Å². The van der Waals surface area contributed by atoms with Crippen LogP contribution < -0.4 is 4.74 Å². The van der Waals surface area contributed by atoms with Gasteiger partial charge >= 0.3 is 0 Å². The Morgan fingerprint density at radius 3 is 2.55 bits per heavy atom. The Labute approximate surface area is 128 Å². The summed E-state index contributed by atoms with van der Waals surface area (Å²) in [7, 11) is 0. The van der Waals surface area contributed by atoms with Crippen molar-refractivity contribution in [2.24, 2.45) is 0 Å². The maximum absolute atomic E-state index is 11.6. The van der Waals surface area contributed by atoms with E-state index < -0.39 is 0 Å². The Balaban J connectivity index is 2.22. The SMILES string of the molecule is CC(=O)c1ccc(C)cc1OCc1ccc(Cl)cc1Cl. The van der Waals surface area contributed by atoms with E-state index in [9.17, 15) is 4.79 Å². The minimum atomic E-state index is -0.0257. The Kier molecular flexibility index (Phi) is 4.69. The molecule has 0 aromatic heterocycles. The van der Waals surface area contributed by atoms with Crippen LogP contribution in [0.2, 0.25) is 10.0 Å². The van der Waals surface area contributed by atoms with Crippen LogP contribution in [0, 0.1) is 6.92 Å². The van der Waals surface area contributed by atoms with Crippen molar-refractivity contribution < 1.29 is 9.53 Å². The van der Waals surface area contributed by atoms with Gasteiger partial charge in [-0.2, -0.15) is 0 Å². The molecule has 2 rings (SSSR count). The largest absolute Gasteiger partial charge is 0.488 e. The Hall–Kier alpha value is -1.51. The van der Waals surface area contributed by atoms with Crippen molar-refractivity contribution in [2.45, 2.75) is 20.5 Å². The van der Waals surface area contributed by atoms with Gasteiger partial charge in [0.05, 0.1) is 5.56 Å². The lowest BCUT2D eigenvalue weighted by atomic mass is 10.1. The van der Waals surface area contributed by atoms with Crippen LogP contribution in [0.5, 0.6) is 5.75 Å². The van der Waals surface area contributed by atoms with E-state index in [1.807, 2.05) is 25.1 Å². The molecular formula is C16H14Cl2O2. The number of aryl methyl sites for hydroxylation is 1. The van der Waals surface area contributed by atoms with Crippen molar-refractivity contribution in [2.75, 3.05) is 0 Å². The van der Waals surface area contributed by atoms with Crippen LogP contribution in [0.1, 0.15) is 28.4 Å². The topological polar surface area (TPSA) is 26.3 Å². The van der Waals surface area contributed by atoms with Crippen LogP contribution in [-0.4, -0.2) is 5.78 Å². The van der Waals surface area contributed by atoms with Gasteiger partial charge in [-0.3, -0.25) is 4.79 Å². The molecule has 0 radical (unpaired) electrons. The summed E-state index contributed by atoms with van der Waals surface area (Å²) in [5.41, 5.74) is 2.43. The van der Waals surface area contributed by atoms with Gasteiger partial charge < -0.3 is 4.74 Å². The van der Waals surface area contributed by atoms with Crippen LogP contribution in [0.15, 0.2) is 36.4 Å². The van der Waals surface area contributed by atoms with Crippen LogP contribution in [0.25, 0.3) is 0 Å². The molecule has 0 amide bonds. The number of carbonyl (C=O) groups excluding carboxylic acids is 1. The molecule has 0 aliphatic heterocycles. The minimum Gasteiger partial charge on any atom is -0.488 e. The van der Waals surface area contributed by atoms with E-state index in [1.165, 1.54) is 6.92 Å². The lowest BCUT2D eigenvalue weighted by molar-refractivity contribution is 0.101. The molecule has 0 heterocycles. The van der Waals surface area contributed by atoms with Gasteiger partial charge in [-0.25, -0.2) is 0 Å². The highest BCUT2D eigenvalue weighted by molar-refractivity contribution is 6.35. The number of rotatable bonds is 4. The van der Waals surface area contributed by atoms with E-state index >= 15 is 0 Å². The van der Waals surface area contributed by atoms with Crippen LogP contribution >= 0.6 is 23.2 Å². The van der Waals surface area contributed by atoms with Crippen LogP contribution in [0.3, 0.4) is 0 Å². The van der Waals surface area contributed by atoms with E-state index in [1.54, 1.807) is 18.2 Å². The Bertz CT molecular complexity index is 651. The summed E-state index contributed by atoms with van der Waals surface area (Å²) in [6.45, 7) is 3.76. The average Bonchev–Trinajstić information content (AvgIpc) is 2.37. The normalized spacial score (nSPS) is 10.4. The summed E-state index contributed by atoms with van der Waals surface area (Å²) in [6, 6.07) is 10.8. The third-order valence-corrected chi connectivity index (χ3v) is 3.50. The molecule has 2 aromatic rings. The van der Waals surface area contributed by atoms with Crippen molar-refractivity contribution in [3.8, 4) is 5.75 Å². The highest BCUT2D eigenvalue weighted by Gasteiger charge is 2.10. The number of hydrogen-bond acceptors (Lipinski definition) is 2. The number of carbonyl (C=O) groups is 1. The van der Waals surface area contributed by atoms with Gasteiger partial charge in [0.25, 0.3) is 0 Å². The first-order chi connectivity index (χ1) is 9.47. The molecule has 2 nitrogen and oxygen atoms in total. The third-order valence-electron chi connectivity index (χ3n) is 2.91. The smallest absolute Gasteiger partial charge is 0.163 e. The van der Waals surface area contributed by atoms with Crippen molar-refractivity contribution in [3.63, 3.8) is 0 Å². The number of ether oxygens (including phenoxy) is 1. The number of benzene rings is 2. The first kappa shape index (κ1) is 14.9. The predicted octanol–water partition coefficient (Wildman–Crippen LogP) is 5.08. The summed E-state index contributed by atoms with van der Waals surface area (Å²) in [5, 5.41) is 1.13. The molecule has 0 bridgehead atoms. The Morgan fingerprint density at radius 2 is 1.90 bits per heavy atom. The number of Topliss-reactive ketones (excluding diaryl/α,β-unsaturated/α-hetero) is 1. The standard InChI is InChI=1S/C16H14Cl2O2/c1-10-3-6-14(11(2)19)16(7-10)20-9-12-4-5-13(17)8-15(12)18/h3-8H,9H2,1-2H3. The van der Waals surface area contributed by atoms with E-state index in [-0.39, 0.29) is 5.78 Å². The fourth-order valence-corrected chi connectivity index (χ4v) is 2.30. The second-order valence-electron chi connectivity index (χ2n) is 4.58. The van der Waals surface area contributed by atoms with Crippen molar-refractivity contribution in [1.29, 1.82) is 0 Å². The van der Waals surface area contributed by atoms with E-state index in [0.717, 1.165) is 11.1 Å². The maximum atomic E-state index is 11.6. The molecule has 2 aromatic carbocycles. The van der Waals surface area contributed by atoms with Gasteiger partial charge in [-0.15, -0.1) is 0 Å². The molecule has 0 fully saturated rings. The summed E-state index contributed by atoms with van der Waals surface area (Å²) in [5.74, 6) is 0.547. The molecule has 4 heteroatoms. The monoisotopic (exact) mass is 308 g/mol. The predicted molar refractivity (Wildman–Crippen MR) is 82.0 cm³/mol. The lowest BCUT2D eigenvalue weighted by Gasteiger charge is -2.12. The molecule has 0 saturated heterocycles. The summed E-state index contributed by atoms with van der Waals surface area (Å²) >= 11 is 11.9. The maximum Gasteiger partial charge on any atom is 0.163 e. The van der Waals surface area contributed by atoms with Crippen molar-refractivity contribution in [1.82, 2.24) is 0 Å². The van der Waals surface area contributed by atoms with Crippen LogP contribution in [0.4, 0.5) is 0 Å². The zero-order valence-corrected chi connectivity index (χ0v) is 12.8. The average molecular weight is 309 g/mol. The van der Waals surface area contributed by atoms with Gasteiger partial charge in [0, 0.05) is 15.6 Å². The molecule has 0 saturated carbocycles. The molecule has 104 valence electrons.